The fourth-order valence-electron chi connectivity index (χ4n) is 1.73. The summed E-state index contributed by atoms with van der Waals surface area (Å²) in [5.74, 6) is -0.893. The van der Waals surface area contributed by atoms with Crippen molar-refractivity contribution in [2.45, 2.75) is 11.5 Å². The summed E-state index contributed by atoms with van der Waals surface area (Å²) in [7, 11) is -4.07. The summed E-state index contributed by atoms with van der Waals surface area (Å²) in [4.78, 5) is -0.420. The summed E-state index contributed by atoms with van der Waals surface area (Å²) in [6.45, 7) is -0.157. The molecule has 0 saturated heterocycles. The molecule has 0 saturated carbocycles. The van der Waals surface area contributed by atoms with E-state index in [0.29, 0.717) is 5.56 Å². The van der Waals surface area contributed by atoms with Crippen LogP contribution in [0.5, 0.6) is 0 Å². The second-order valence-corrected chi connectivity index (χ2v) is 5.84. The number of aliphatic hydroxyl groups excluding tert-OH is 1. The van der Waals surface area contributed by atoms with Crippen LogP contribution in [0.2, 0.25) is 0 Å². The molecule has 0 heterocycles. The van der Waals surface area contributed by atoms with Crippen LogP contribution in [-0.4, -0.2) is 13.5 Å². The third-order valence-electron chi connectivity index (χ3n) is 2.77. The molecule has 0 unspecified atom stereocenters. The topological polar surface area (TPSA) is 90.2 Å². The lowest BCUT2D eigenvalue weighted by Gasteiger charge is -2.10. The van der Waals surface area contributed by atoms with Crippen LogP contribution >= 0.6 is 0 Å². The first kappa shape index (κ1) is 15.0. The lowest BCUT2D eigenvalue weighted by Crippen LogP contribution is -2.15. The first-order valence-electron chi connectivity index (χ1n) is 5.89. The molecule has 2 aromatic carbocycles. The quantitative estimate of drug-likeness (QED) is 0.904. The van der Waals surface area contributed by atoms with E-state index >= 15 is 0 Å². The summed E-state index contributed by atoms with van der Waals surface area (Å²) in [6.07, 6.45) is 0. The van der Waals surface area contributed by atoms with Crippen LogP contribution in [0.1, 0.15) is 11.1 Å². The van der Waals surface area contributed by atoms with E-state index in [-0.39, 0.29) is 12.3 Å². The molecule has 0 atom stereocenters. The van der Waals surface area contributed by atoms with E-state index in [0.717, 1.165) is 12.1 Å². The molecule has 108 valence electrons. The maximum absolute atomic E-state index is 13.5. The van der Waals surface area contributed by atoms with Crippen LogP contribution in [-0.2, 0) is 16.6 Å². The van der Waals surface area contributed by atoms with Gasteiger partial charge in [0, 0.05) is 5.69 Å². The van der Waals surface area contributed by atoms with Crippen LogP contribution < -0.4 is 4.72 Å². The highest BCUT2D eigenvalue weighted by molar-refractivity contribution is 7.92. The minimum Gasteiger partial charge on any atom is -0.392 e. The number of hydrogen-bond donors (Lipinski definition) is 2. The maximum Gasteiger partial charge on any atom is 0.263 e. The number of rotatable bonds is 4. The van der Waals surface area contributed by atoms with Crippen molar-refractivity contribution in [3.05, 3.63) is 59.4 Å². The van der Waals surface area contributed by atoms with Gasteiger partial charge in [-0.1, -0.05) is 18.2 Å². The Hall–Kier alpha value is -2.43. The summed E-state index contributed by atoms with van der Waals surface area (Å²) in [5.41, 5.74) is 0.346. The zero-order valence-corrected chi connectivity index (χ0v) is 11.6. The van der Waals surface area contributed by atoms with Crippen molar-refractivity contribution in [1.29, 1.82) is 5.26 Å². The molecule has 0 bridgehead atoms. The monoisotopic (exact) mass is 306 g/mol. The molecule has 0 aliphatic heterocycles. The SMILES string of the molecule is N#Cc1c(F)cccc1S(=O)(=O)Nc1ccc(CO)cc1. The second-order valence-electron chi connectivity index (χ2n) is 4.19. The molecule has 7 heteroatoms. The van der Waals surface area contributed by atoms with E-state index in [1.165, 1.54) is 18.2 Å². The number of sulfonamides is 1. The van der Waals surface area contributed by atoms with Crippen LogP contribution in [0.15, 0.2) is 47.4 Å². The minimum absolute atomic E-state index is 0.157. The number of nitriles is 1. The van der Waals surface area contributed by atoms with Crippen molar-refractivity contribution in [1.82, 2.24) is 0 Å². The molecule has 0 fully saturated rings. The molecule has 0 radical (unpaired) electrons. The first-order valence-corrected chi connectivity index (χ1v) is 7.37. The van der Waals surface area contributed by atoms with Crippen molar-refractivity contribution in [2.24, 2.45) is 0 Å². The molecule has 2 aromatic rings. The Morgan fingerprint density at radius 1 is 1.19 bits per heavy atom. The number of nitrogens with one attached hydrogen (secondary N) is 1. The predicted octanol–water partition coefficient (Wildman–Crippen LogP) is 1.99. The zero-order chi connectivity index (χ0) is 15.5. The third-order valence-corrected chi connectivity index (χ3v) is 4.19. The number of benzene rings is 2. The van der Waals surface area contributed by atoms with Gasteiger partial charge in [-0.2, -0.15) is 5.26 Å². The summed E-state index contributed by atoms with van der Waals surface area (Å²) in [5, 5.41) is 17.8. The fraction of sp³-hybridized carbons (Fsp3) is 0.0714. The van der Waals surface area contributed by atoms with E-state index in [1.54, 1.807) is 18.2 Å². The number of nitrogens with zero attached hydrogens (tertiary/aromatic N) is 1. The zero-order valence-electron chi connectivity index (χ0n) is 10.7. The highest BCUT2D eigenvalue weighted by Gasteiger charge is 2.21. The molecule has 0 aromatic heterocycles. The van der Waals surface area contributed by atoms with Gasteiger partial charge in [0.25, 0.3) is 10.0 Å². The number of anilines is 1. The van der Waals surface area contributed by atoms with Crippen molar-refractivity contribution in [3.8, 4) is 6.07 Å². The van der Waals surface area contributed by atoms with Crippen LogP contribution in [0.25, 0.3) is 0 Å². The Kier molecular flexibility index (Phi) is 4.21. The Morgan fingerprint density at radius 2 is 1.86 bits per heavy atom. The molecule has 5 nitrogen and oxygen atoms in total. The first-order chi connectivity index (χ1) is 9.97. The number of hydrogen-bond acceptors (Lipinski definition) is 4. The highest BCUT2D eigenvalue weighted by atomic mass is 32.2. The van der Waals surface area contributed by atoms with Crippen molar-refractivity contribution >= 4 is 15.7 Å². The van der Waals surface area contributed by atoms with Crippen molar-refractivity contribution < 1.29 is 17.9 Å². The van der Waals surface area contributed by atoms with Gasteiger partial charge >= 0.3 is 0 Å². The minimum atomic E-state index is -4.07. The normalized spacial score (nSPS) is 10.9. The largest absolute Gasteiger partial charge is 0.392 e. The lowest BCUT2D eigenvalue weighted by molar-refractivity contribution is 0.282. The molecular weight excluding hydrogens is 295 g/mol. The van der Waals surface area contributed by atoms with Gasteiger partial charge in [0.2, 0.25) is 0 Å². The molecule has 0 amide bonds. The van der Waals surface area contributed by atoms with E-state index in [2.05, 4.69) is 4.72 Å². The molecule has 21 heavy (non-hydrogen) atoms. The third kappa shape index (κ3) is 3.18. The Bertz CT molecular complexity index is 796. The predicted molar refractivity (Wildman–Crippen MR) is 74.3 cm³/mol. The molecule has 0 aliphatic carbocycles. The average molecular weight is 306 g/mol. The van der Waals surface area contributed by atoms with Gasteiger partial charge in [-0.3, -0.25) is 4.72 Å². The van der Waals surface area contributed by atoms with Gasteiger partial charge in [0.15, 0.2) is 0 Å². The molecular formula is C14H11FN2O3S. The number of halogens is 1. The second kappa shape index (κ2) is 5.91. The Balaban J connectivity index is 2.39. The van der Waals surface area contributed by atoms with Gasteiger partial charge in [0.05, 0.1) is 6.61 Å². The summed E-state index contributed by atoms with van der Waals surface area (Å²) >= 11 is 0. The molecule has 0 aliphatic rings. The molecule has 2 N–H and O–H groups in total. The van der Waals surface area contributed by atoms with E-state index in [9.17, 15) is 12.8 Å². The number of aliphatic hydroxyl groups is 1. The van der Waals surface area contributed by atoms with Crippen LogP contribution in [0.3, 0.4) is 0 Å². The standard InChI is InChI=1S/C14H11FN2O3S/c15-13-2-1-3-14(12(13)8-16)21(19,20)17-11-6-4-10(9-18)5-7-11/h1-7,17-18H,9H2. The fourth-order valence-corrected chi connectivity index (χ4v) is 2.95. The molecule has 0 spiro atoms. The summed E-state index contributed by atoms with van der Waals surface area (Å²) < 4.78 is 40.2. The lowest BCUT2D eigenvalue weighted by atomic mass is 10.2. The Labute approximate surface area is 121 Å². The van der Waals surface area contributed by atoms with Gasteiger partial charge < -0.3 is 5.11 Å². The average Bonchev–Trinajstić information content (AvgIpc) is 2.47. The summed E-state index contributed by atoms with van der Waals surface area (Å²) in [6, 6.07) is 11.0. The smallest absolute Gasteiger partial charge is 0.263 e. The van der Waals surface area contributed by atoms with Crippen LogP contribution in [0, 0.1) is 17.1 Å². The van der Waals surface area contributed by atoms with Crippen LogP contribution in [0.4, 0.5) is 10.1 Å². The maximum atomic E-state index is 13.5. The Morgan fingerprint density at radius 3 is 2.43 bits per heavy atom. The highest BCUT2D eigenvalue weighted by Crippen LogP contribution is 2.21. The van der Waals surface area contributed by atoms with Gasteiger partial charge in [-0.25, -0.2) is 12.8 Å². The van der Waals surface area contributed by atoms with Gasteiger partial charge in [-0.15, -0.1) is 0 Å². The van der Waals surface area contributed by atoms with Gasteiger partial charge in [-0.05, 0) is 29.8 Å². The van der Waals surface area contributed by atoms with E-state index in [4.69, 9.17) is 10.4 Å². The van der Waals surface area contributed by atoms with Crippen molar-refractivity contribution in [2.75, 3.05) is 4.72 Å². The van der Waals surface area contributed by atoms with E-state index < -0.39 is 26.3 Å². The molecule has 2 rings (SSSR count). The van der Waals surface area contributed by atoms with E-state index in [1.807, 2.05) is 0 Å². The van der Waals surface area contributed by atoms with Crippen molar-refractivity contribution in [3.63, 3.8) is 0 Å². The van der Waals surface area contributed by atoms with Gasteiger partial charge in [0.1, 0.15) is 22.3 Å².